The van der Waals surface area contributed by atoms with Crippen LogP contribution >= 0.6 is 0 Å². The number of rotatable bonds is 20. The Morgan fingerprint density at radius 3 is 1.13 bits per heavy atom. The van der Waals surface area contributed by atoms with E-state index >= 15 is 0 Å². The zero-order chi connectivity index (χ0) is 51.8. The van der Waals surface area contributed by atoms with Gasteiger partial charge in [0.25, 0.3) is 0 Å². The Kier molecular flexibility index (Phi) is 19.8. The van der Waals surface area contributed by atoms with E-state index in [9.17, 15) is 81.1 Å². The van der Waals surface area contributed by atoms with E-state index in [0.29, 0.717) is 11.1 Å². The summed E-state index contributed by atoms with van der Waals surface area (Å²) >= 11 is 0. The summed E-state index contributed by atoms with van der Waals surface area (Å²) < 4.78 is 55.5. The molecule has 0 spiro atoms. The summed E-state index contributed by atoms with van der Waals surface area (Å²) in [6.45, 7) is -3.08. The van der Waals surface area contributed by atoms with Crippen LogP contribution in [0.1, 0.15) is 17.5 Å². The summed E-state index contributed by atoms with van der Waals surface area (Å²) in [5.74, 6) is -0.979. The minimum absolute atomic E-state index is 0.000832. The second kappa shape index (κ2) is 25.1. The van der Waals surface area contributed by atoms with Crippen molar-refractivity contribution in [2.24, 2.45) is 0 Å². The van der Waals surface area contributed by atoms with Gasteiger partial charge in [-0.1, -0.05) is 24.3 Å². The molecule has 4 saturated heterocycles. The van der Waals surface area contributed by atoms with E-state index in [1.807, 2.05) is 0 Å². The number of ether oxygens (including phenoxy) is 10. The lowest BCUT2D eigenvalue weighted by Crippen LogP contribution is -2.65. The highest BCUT2D eigenvalue weighted by Gasteiger charge is 2.53. The van der Waals surface area contributed by atoms with Crippen molar-refractivity contribution in [2.45, 2.75) is 129 Å². The lowest BCUT2D eigenvalue weighted by Gasteiger charge is -2.45. The van der Waals surface area contributed by atoms with Gasteiger partial charge in [0.15, 0.2) is 47.1 Å². The van der Waals surface area contributed by atoms with E-state index in [-0.39, 0.29) is 23.0 Å². The second-order valence-corrected chi connectivity index (χ2v) is 16.8. The van der Waals surface area contributed by atoms with Gasteiger partial charge in [0.1, 0.15) is 97.7 Å². The molecule has 2 aromatic rings. The standard InChI is InChI=1S/C45H60O26/c1-62-24-11-18(5-9-22(24)64-42-38(60)34(56)40(28(16-48)68-42)70-44-36(58)32(54)30(52)26(14-46)66-44)3-7-20(50)13-21(51)8-4-19-6-10-23(25(12-19)63-2)65-43-39(61)35(57)41(29(17-49)69-43)71-45-37(59)33(55)31(53)27(15-47)67-45/h3-12,26-49,52-61H,13-17H2,1-2H3/b7-3+,8-4+/t26-,27-,28-,29-,30-,31+,32+,33-,34-,35+,36-,37+,38-,39+,40-,41+,42?,43?,44-,45+/m1/s1. The van der Waals surface area contributed by atoms with Gasteiger partial charge in [-0.05, 0) is 47.5 Å². The molecule has 6 rings (SSSR count). The Labute approximate surface area is 404 Å². The van der Waals surface area contributed by atoms with Crippen LogP contribution in [0.3, 0.4) is 0 Å². The van der Waals surface area contributed by atoms with Crippen molar-refractivity contribution in [1.29, 1.82) is 0 Å². The number of hydrogen-bond donors (Lipinski definition) is 14. The third kappa shape index (κ3) is 12.9. The average Bonchev–Trinajstić information content (AvgIpc) is 3.37. The van der Waals surface area contributed by atoms with Crippen LogP contribution in [0.15, 0.2) is 48.6 Å². The maximum Gasteiger partial charge on any atom is 0.229 e. The molecule has 71 heavy (non-hydrogen) atoms. The molecule has 396 valence electrons. The summed E-state index contributed by atoms with van der Waals surface area (Å²) in [6, 6.07) is 8.70. The zero-order valence-corrected chi connectivity index (χ0v) is 38.0. The third-order valence-electron chi connectivity index (χ3n) is 12.1. The van der Waals surface area contributed by atoms with E-state index in [0.717, 1.165) is 12.2 Å². The lowest BCUT2D eigenvalue weighted by atomic mass is 9.97. The molecule has 0 bridgehead atoms. The van der Waals surface area contributed by atoms with Crippen LogP contribution in [0, 0.1) is 0 Å². The summed E-state index contributed by atoms with van der Waals surface area (Å²) in [7, 11) is 2.60. The van der Waals surface area contributed by atoms with Gasteiger partial charge in [0.05, 0.1) is 47.1 Å². The number of carbonyl (C=O) groups excluding carboxylic acids is 2. The van der Waals surface area contributed by atoms with Crippen LogP contribution in [-0.2, 0) is 38.0 Å². The second-order valence-electron chi connectivity index (χ2n) is 16.8. The molecule has 0 amide bonds. The molecule has 4 heterocycles. The summed E-state index contributed by atoms with van der Waals surface area (Å²) in [5, 5.41) is 144. The molecule has 4 aliphatic heterocycles. The quantitative estimate of drug-likeness (QED) is 0.0434. The van der Waals surface area contributed by atoms with E-state index in [2.05, 4.69) is 0 Å². The van der Waals surface area contributed by atoms with E-state index in [1.165, 1.54) is 62.8 Å². The van der Waals surface area contributed by atoms with Crippen LogP contribution in [0.25, 0.3) is 12.2 Å². The average molecular weight is 1020 g/mol. The van der Waals surface area contributed by atoms with Crippen LogP contribution in [0.5, 0.6) is 23.0 Å². The number of benzene rings is 2. The number of methoxy groups -OCH3 is 2. The van der Waals surface area contributed by atoms with Crippen LogP contribution in [0.2, 0.25) is 0 Å². The Morgan fingerprint density at radius 2 is 0.789 bits per heavy atom. The first-order valence-corrected chi connectivity index (χ1v) is 22.2. The fourth-order valence-corrected chi connectivity index (χ4v) is 7.99. The number of aliphatic hydroxyl groups is 14. The maximum absolute atomic E-state index is 12.8. The number of carbonyl (C=O) groups is 2. The molecule has 0 aromatic heterocycles. The van der Waals surface area contributed by atoms with Gasteiger partial charge in [-0.2, -0.15) is 0 Å². The fraction of sp³-hybridized carbons (Fsp3) is 0.600. The van der Waals surface area contributed by atoms with Crippen molar-refractivity contribution in [3.63, 3.8) is 0 Å². The molecule has 0 radical (unpaired) electrons. The monoisotopic (exact) mass is 1020 g/mol. The minimum Gasteiger partial charge on any atom is -0.493 e. The van der Waals surface area contributed by atoms with Gasteiger partial charge >= 0.3 is 0 Å². The molecule has 26 nitrogen and oxygen atoms in total. The normalized spacial score (nSPS) is 37.7. The van der Waals surface area contributed by atoms with Crippen LogP contribution in [0.4, 0.5) is 0 Å². The van der Waals surface area contributed by atoms with Crippen LogP contribution in [-0.4, -0.2) is 247 Å². The molecular weight excluding hydrogens is 956 g/mol. The highest BCUT2D eigenvalue weighted by molar-refractivity contribution is 6.10. The first kappa shape index (κ1) is 56.0. The van der Waals surface area contributed by atoms with Gasteiger partial charge in [-0.25, -0.2) is 0 Å². The molecule has 20 atom stereocenters. The first-order valence-electron chi connectivity index (χ1n) is 22.2. The van der Waals surface area contributed by atoms with Crippen LogP contribution < -0.4 is 18.9 Å². The predicted molar refractivity (Wildman–Crippen MR) is 233 cm³/mol. The van der Waals surface area contributed by atoms with Crippen molar-refractivity contribution in [3.8, 4) is 23.0 Å². The van der Waals surface area contributed by atoms with Gasteiger partial charge in [-0.15, -0.1) is 0 Å². The third-order valence-corrected chi connectivity index (χ3v) is 12.1. The Morgan fingerprint density at radius 1 is 0.451 bits per heavy atom. The molecule has 4 fully saturated rings. The topological polar surface area (TPSA) is 410 Å². The number of hydrogen-bond acceptors (Lipinski definition) is 26. The predicted octanol–water partition coefficient (Wildman–Crippen LogP) is -6.04. The summed E-state index contributed by atoms with van der Waals surface area (Å²) in [5.41, 5.74) is 0.833. The molecule has 0 saturated carbocycles. The Balaban J connectivity index is 1.01. The first-order chi connectivity index (χ1) is 33.9. The SMILES string of the molecule is COc1cc(/C=C/C(=O)CC(=O)/C=C/c2ccc(OC3O[C@H](CO)[C@@H](O[C@H]4O[C@H](CO)[C@@H](O)[C@H](O)[C@H]4O)[C@H](O)[C@H]3O)c(OC)c2)ccc1OC1O[C@H](CO)[C@H](O[C@@H]2O[C@H](CO)[C@H](O)[C@@H](O)[C@@H]2O)[C@@H](O)[C@@H]1O. The maximum atomic E-state index is 12.8. The van der Waals surface area contributed by atoms with Gasteiger partial charge < -0.3 is 119 Å². The van der Waals surface area contributed by atoms with Crippen molar-refractivity contribution in [3.05, 3.63) is 59.7 Å². The largest absolute Gasteiger partial charge is 0.493 e. The molecule has 26 heteroatoms. The molecule has 2 aromatic carbocycles. The Bertz CT molecular complexity index is 1970. The number of allylic oxidation sites excluding steroid dienone is 2. The summed E-state index contributed by atoms with van der Waals surface area (Å²) in [4.78, 5) is 25.6. The summed E-state index contributed by atoms with van der Waals surface area (Å²) in [6.07, 6.45) is -28.6. The van der Waals surface area contributed by atoms with Gasteiger partial charge in [-0.3, -0.25) is 9.59 Å². The fourth-order valence-electron chi connectivity index (χ4n) is 7.99. The Hall–Kier alpha value is -4.34. The molecule has 4 aliphatic rings. The molecular formula is C45H60O26. The van der Waals surface area contributed by atoms with Crippen molar-refractivity contribution >= 4 is 23.7 Å². The molecule has 2 unspecified atom stereocenters. The molecule has 14 N–H and O–H groups in total. The van der Waals surface area contributed by atoms with Crippen molar-refractivity contribution in [1.82, 2.24) is 0 Å². The van der Waals surface area contributed by atoms with Gasteiger partial charge in [0.2, 0.25) is 12.6 Å². The van der Waals surface area contributed by atoms with Crippen molar-refractivity contribution in [2.75, 3.05) is 40.6 Å². The number of aliphatic hydroxyl groups excluding tert-OH is 14. The lowest BCUT2D eigenvalue weighted by molar-refractivity contribution is -0.352. The zero-order valence-electron chi connectivity index (χ0n) is 38.0. The highest BCUT2D eigenvalue weighted by atomic mass is 16.8. The van der Waals surface area contributed by atoms with E-state index < -0.39 is 167 Å². The van der Waals surface area contributed by atoms with Gasteiger partial charge in [0, 0.05) is 0 Å². The molecule has 0 aliphatic carbocycles. The minimum atomic E-state index is -1.84. The highest BCUT2D eigenvalue weighted by Crippen LogP contribution is 2.36. The van der Waals surface area contributed by atoms with E-state index in [1.54, 1.807) is 0 Å². The van der Waals surface area contributed by atoms with E-state index in [4.69, 9.17) is 47.4 Å². The smallest absolute Gasteiger partial charge is 0.229 e. The van der Waals surface area contributed by atoms with Crippen molar-refractivity contribution < 1.29 is 128 Å². The number of ketones is 2.